The molecular weight excluding hydrogens is 638 g/mol. The van der Waals surface area contributed by atoms with E-state index in [1.54, 1.807) is 4.90 Å². The van der Waals surface area contributed by atoms with Crippen molar-refractivity contribution in [3.63, 3.8) is 0 Å². The van der Waals surface area contributed by atoms with Crippen LogP contribution in [0.1, 0.15) is 103 Å². The number of carbonyl (C=O) groups excluding carboxylic acids is 5. The van der Waals surface area contributed by atoms with Crippen LogP contribution in [0.2, 0.25) is 0 Å². The van der Waals surface area contributed by atoms with E-state index in [1.807, 2.05) is 41.5 Å². The van der Waals surface area contributed by atoms with Crippen LogP contribution in [0.5, 0.6) is 0 Å². The second kappa shape index (κ2) is 13.8. The van der Waals surface area contributed by atoms with Crippen molar-refractivity contribution in [1.29, 1.82) is 0 Å². The fourth-order valence-corrected chi connectivity index (χ4v) is 9.47. The monoisotopic (exact) mass is 693 g/mol. The van der Waals surface area contributed by atoms with E-state index in [1.165, 1.54) is 18.6 Å². The van der Waals surface area contributed by atoms with Crippen molar-refractivity contribution in [2.24, 2.45) is 40.4 Å². The molecule has 3 unspecified atom stereocenters. The van der Waals surface area contributed by atoms with Crippen LogP contribution in [0.25, 0.3) is 0 Å². The molecule has 5 fully saturated rings. The Morgan fingerprint density at radius 3 is 2.36 bits per heavy atom. The van der Waals surface area contributed by atoms with Crippen LogP contribution >= 0.6 is 0 Å². The number of hydrogen-bond acceptors (Lipinski definition) is 8. The highest BCUT2D eigenvalue weighted by Gasteiger charge is 2.73. The number of amides is 5. The van der Waals surface area contributed by atoms with Crippen molar-refractivity contribution in [3.8, 4) is 0 Å². The molecule has 5 N–H and O–H groups in total. The van der Waals surface area contributed by atoms with Crippen LogP contribution in [0.4, 0.5) is 0 Å². The second-order valence-electron chi connectivity index (χ2n) is 17.1. The van der Waals surface area contributed by atoms with Gasteiger partial charge in [0.25, 0.3) is 11.8 Å². The Hall–Kier alpha value is -3.61. The quantitative estimate of drug-likeness (QED) is 0.246. The molecule has 2 saturated heterocycles. The van der Waals surface area contributed by atoms with E-state index in [0.717, 1.165) is 44.9 Å². The van der Waals surface area contributed by atoms with Gasteiger partial charge in [-0.3, -0.25) is 29.0 Å². The molecule has 0 radical (unpaired) electrons. The first-order valence-corrected chi connectivity index (χ1v) is 18.6. The van der Waals surface area contributed by atoms with E-state index < -0.39 is 53.4 Å². The summed E-state index contributed by atoms with van der Waals surface area (Å²) in [5.74, 6) is -1.63. The standard InChI is InChI=1S/C37H55N7O6/c1-19(2)20(3)40-34(49)29(45)24-16-37-15-23(37)14-22-18-44(28(26(22)37)33(48)41-24)35(50)30(36(4,5)6)43-32(47)27(21-10-8-7-9-11-21)42-31(46)25-17-38-12-13-39-25/h12-13,17,19-24,26-30,45H,7-11,14-16,18H2,1-6H3,(H,40,49)(H,41,48)(H,42,46)(H,43,47)/t20-,22-,23?,24-,26-,27-,28-,29?,30+,37?/m0/s1. The minimum atomic E-state index is -1.41. The van der Waals surface area contributed by atoms with Crippen LogP contribution in [0, 0.1) is 40.4 Å². The molecule has 3 heterocycles. The van der Waals surface area contributed by atoms with E-state index in [4.69, 9.17) is 0 Å². The molecule has 3 saturated carbocycles. The van der Waals surface area contributed by atoms with Gasteiger partial charge >= 0.3 is 0 Å². The van der Waals surface area contributed by atoms with Crippen LogP contribution in [0.15, 0.2) is 18.6 Å². The number of rotatable bonds is 10. The molecule has 2 aliphatic heterocycles. The number of aliphatic hydroxyl groups excluding tert-OH is 1. The predicted octanol–water partition coefficient (Wildman–Crippen LogP) is 1.95. The molecule has 5 aliphatic rings. The average Bonchev–Trinajstić information content (AvgIpc) is 3.52. The number of nitrogens with one attached hydrogen (secondary N) is 4. The summed E-state index contributed by atoms with van der Waals surface area (Å²) in [6.07, 6.45) is 9.63. The van der Waals surface area contributed by atoms with Gasteiger partial charge in [-0.05, 0) is 79.4 Å². The summed E-state index contributed by atoms with van der Waals surface area (Å²) in [4.78, 5) is 79.1. The summed E-state index contributed by atoms with van der Waals surface area (Å²) in [6, 6.07) is -3.51. The molecular formula is C37H55N7O6. The summed E-state index contributed by atoms with van der Waals surface area (Å²) < 4.78 is 0. The van der Waals surface area contributed by atoms with Gasteiger partial charge < -0.3 is 31.3 Å². The summed E-state index contributed by atoms with van der Waals surface area (Å²) in [7, 11) is 0. The van der Waals surface area contributed by atoms with E-state index in [0.29, 0.717) is 18.9 Å². The Morgan fingerprint density at radius 2 is 1.72 bits per heavy atom. The minimum absolute atomic E-state index is 0.0797. The smallest absolute Gasteiger partial charge is 0.272 e. The lowest BCUT2D eigenvalue weighted by atomic mass is 9.78. The highest BCUT2D eigenvalue weighted by molar-refractivity contribution is 5.98. The summed E-state index contributed by atoms with van der Waals surface area (Å²) in [5, 5.41) is 23.0. The second-order valence-corrected chi connectivity index (χ2v) is 17.1. The van der Waals surface area contributed by atoms with Crippen LogP contribution in [0.3, 0.4) is 0 Å². The van der Waals surface area contributed by atoms with Crippen LogP contribution in [-0.2, 0) is 19.2 Å². The number of carbonyl (C=O) groups is 5. The lowest BCUT2D eigenvalue weighted by Crippen LogP contribution is -2.62. The van der Waals surface area contributed by atoms with Gasteiger partial charge in [0.2, 0.25) is 17.7 Å². The van der Waals surface area contributed by atoms with Crippen molar-refractivity contribution < 1.29 is 29.1 Å². The number of aliphatic hydroxyl groups is 1. The number of likely N-dealkylation sites (tertiary alicyclic amines) is 1. The van der Waals surface area contributed by atoms with Gasteiger partial charge in [0.05, 0.1) is 12.2 Å². The van der Waals surface area contributed by atoms with Crippen molar-refractivity contribution >= 4 is 29.5 Å². The number of hydrogen-bond donors (Lipinski definition) is 5. The molecule has 5 amide bonds. The molecule has 274 valence electrons. The molecule has 6 rings (SSSR count). The topological polar surface area (TPSA) is 183 Å². The zero-order valence-corrected chi connectivity index (χ0v) is 30.3. The third-order valence-corrected chi connectivity index (χ3v) is 12.5. The van der Waals surface area contributed by atoms with Crippen molar-refractivity contribution in [3.05, 3.63) is 24.3 Å². The maximum absolute atomic E-state index is 14.7. The van der Waals surface area contributed by atoms with Gasteiger partial charge in [0.1, 0.15) is 23.8 Å². The molecule has 13 heteroatoms. The van der Waals surface area contributed by atoms with Crippen molar-refractivity contribution in [1.82, 2.24) is 36.1 Å². The lowest BCUT2D eigenvalue weighted by Gasteiger charge is -2.38. The molecule has 1 aromatic heterocycles. The summed E-state index contributed by atoms with van der Waals surface area (Å²) >= 11 is 0. The molecule has 50 heavy (non-hydrogen) atoms. The highest BCUT2D eigenvalue weighted by atomic mass is 16.3. The van der Waals surface area contributed by atoms with Gasteiger partial charge in [-0.1, -0.05) is 53.9 Å². The van der Waals surface area contributed by atoms with Crippen molar-refractivity contribution in [2.75, 3.05) is 6.54 Å². The highest BCUT2D eigenvalue weighted by Crippen LogP contribution is 2.74. The number of aromatic nitrogens is 2. The number of nitrogens with zero attached hydrogens (tertiary/aromatic N) is 3. The molecule has 0 aromatic carbocycles. The fraction of sp³-hybridized carbons (Fsp3) is 0.757. The van der Waals surface area contributed by atoms with Gasteiger partial charge in [-0.25, -0.2) is 4.98 Å². The Balaban J connectivity index is 1.22. The lowest BCUT2D eigenvalue weighted by molar-refractivity contribution is -0.145. The molecule has 10 atom stereocenters. The Labute approximate surface area is 294 Å². The summed E-state index contributed by atoms with van der Waals surface area (Å²) in [6.45, 7) is 11.9. The first kappa shape index (κ1) is 36.2. The van der Waals surface area contributed by atoms with Crippen molar-refractivity contribution in [2.45, 2.75) is 129 Å². The molecule has 1 spiro atoms. The maximum Gasteiger partial charge on any atom is 0.272 e. The largest absolute Gasteiger partial charge is 0.381 e. The zero-order chi connectivity index (χ0) is 36.1. The van der Waals surface area contributed by atoms with Gasteiger partial charge in [-0.15, -0.1) is 0 Å². The van der Waals surface area contributed by atoms with Gasteiger partial charge in [0.15, 0.2) is 6.10 Å². The van der Waals surface area contributed by atoms with E-state index >= 15 is 0 Å². The SMILES string of the molecule is CC(C)[C@H](C)NC(=O)C(O)[C@@H]1CC23CC2C[C@H]2CN(C(=O)[C@@H](NC(=O)[C@@H](NC(=O)c4cnccn4)C4CCCCC4)C(C)(C)C)[C@H](C(=O)N1)[C@H]23. The maximum atomic E-state index is 14.7. The Bertz CT molecular complexity index is 1480. The normalized spacial score (nSPS) is 31.3. The fourth-order valence-electron chi connectivity index (χ4n) is 9.47. The Morgan fingerprint density at radius 1 is 1.00 bits per heavy atom. The van der Waals surface area contributed by atoms with Gasteiger partial charge in [0, 0.05) is 25.0 Å². The zero-order valence-electron chi connectivity index (χ0n) is 30.3. The minimum Gasteiger partial charge on any atom is -0.381 e. The molecule has 1 aromatic rings. The first-order chi connectivity index (χ1) is 23.6. The van der Waals surface area contributed by atoms with Crippen LogP contribution < -0.4 is 21.3 Å². The summed E-state index contributed by atoms with van der Waals surface area (Å²) in [5.41, 5.74) is -0.840. The first-order valence-electron chi connectivity index (χ1n) is 18.6. The molecule has 0 bridgehead atoms. The van der Waals surface area contributed by atoms with E-state index in [-0.39, 0.29) is 52.6 Å². The van der Waals surface area contributed by atoms with Gasteiger partial charge in [-0.2, -0.15) is 0 Å². The Kier molecular flexibility index (Phi) is 10.0. The third kappa shape index (κ3) is 6.86. The van der Waals surface area contributed by atoms with E-state index in [9.17, 15) is 29.1 Å². The third-order valence-electron chi connectivity index (χ3n) is 12.5. The predicted molar refractivity (Wildman–Crippen MR) is 184 cm³/mol. The van der Waals surface area contributed by atoms with Crippen LogP contribution in [-0.4, -0.2) is 92.4 Å². The average molecular weight is 694 g/mol. The molecule has 13 nitrogen and oxygen atoms in total. The molecule has 3 aliphatic carbocycles. The van der Waals surface area contributed by atoms with E-state index in [2.05, 4.69) is 31.2 Å².